The van der Waals surface area contributed by atoms with E-state index in [0.717, 1.165) is 12.3 Å². The molecule has 0 radical (unpaired) electrons. The number of amides is 1. The van der Waals surface area contributed by atoms with Crippen molar-refractivity contribution in [1.82, 2.24) is 9.88 Å². The Morgan fingerprint density at radius 1 is 1.52 bits per heavy atom. The number of nitrogens with zero attached hydrogens (tertiary/aromatic N) is 3. The first-order chi connectivity index (χ1) is 9.65. The largest absolute Gasteiger partial charge is 0.406 e. The summed E-state index contributed by atoms with van der Waals surface area (Å²) < 4.78 is 37.4. The lowest BCUT2D eigenvalue weighted by Crippen LogP contribution is -2.39. The number of hydrogen-bond donors (Lipinski definition) is 1. The average Bonchev–Trinajstić information content (AvgIpc) is 2.35. The van der Waals surface area contributed by atoms with Crippen molar-refractivity contribution in [1.29, 1.82) is 0 Å². The van der Waals surface area contributed by atoms with Crippen LogP contribution >= 0.6 is 0 Å². The van der Waals surface area contributed by atoms with E-state index in [1.165, 1.54) is 0 Å². The third-order valence-corrected chi connectivity index (χ3v) is 2.48. The second kappa shape index (κ2) is 6.37. The van der Waals surface area contributed by atoms with Gasteiger partial charge in [0.2, 0.25) is 0 Å². The molecule has 0 aliphatic carbocycles. The summed E-state index contributed by atoms with van der Waals surface area (Å²) in [6, 6.07) is 0.902. The number of aromatic nitrogens is 1. The maximum absolute atomic E-state index is 12.5. The Morgan fingerprint density at radius 2 is 2.14 bits per heavy atom. The van der Waals surface area contributed by atoms with E-state index in [4.69, 9.17) is 5.73 Å². The lowest BCUT2D eigenvalue weighted by atomic mass is 10.2. The molecule has 1 heterocycles. The van der Waals surface area contributed by atoms with Crippen LogP contribution in [0.15, 0.2) is 12.3 Å². The Balaban J connectivity index is 3.19. The van der Waals surface area contributed by atoms with E-state index >= 15 is 0 Å². The van der Waals surface area contributed by atoms with Gasteiger partial charge in [-0.1, -0.05) is 6.92 Å². The number of hydrogen-bond acceptors (Lipinski definition) is 5. The molecule has 21 heavy (non-hydrogen) atoms. The van der Waals surface area contributed by atoms with Crippen LogP contribution in [0, 0.1) is 10.1 Å². The van der Waals surface area contributed by atoms with Crippen LogP contribution in [0.1, 0.15) is 23.7 Å². The van der Waals surface area contributed by atoms with Crippen molar-refractivity contribution in [2.75, 3.05) is 18.8 Å². The SMILES string of the molecule is CCCN(CC(F)(F)F)C(=O)c1cc(N)ncc1[N+](=O)[O-]. The molecule has 1 amide bonds. The number of pyridine rings is 1. The monoisotopic (exact) mass is 306 g/mol. The summed E-state index contributed by atoms with van der Waals surface area (Å²) in [6.07, 6.45) is -3.57. The summed E-state index contributed by atoms with van der Waals surface area (Å²) in [5.74, 6) is -1.29. The number of rotatable bonds is 5. The second-order valence-corrected chi connectivity index (χ2v) is 4.23. The molecule has 0 atom stereocenters. The molecule has 0 aromatic carbocycles. The minimum Gasteiger partial charge on any atom is -0.384 e. The van der Waals surface area contributed by atoms with E-state index in [2.05, 4.69) is 4.98 Å². The Hall–Kier alpha value is -2.39. The van der Waals surface area contributed by atoms with Crippen molar-refractivity contribution >= 4 is 17.4 Å². The highest BCUT2D eigenvalue weighted by atomic mass is 19.4. The van der Waals surface area contributed by atoms with Crippen molar-refractivity contribution < 1.29 is 22.9 Å². The molecule has 0 spiro atoms. The predicted octanol–water partition coefficient (Wildman–Crippen LogP) is 1.99. The van der Waals surface area contributed by atoms with Gasteiger partial charge in [0.05, 0.1) is 4.92 Å². The number of halogens is 3. The zero-order valence-electron chi connectivity index (χ0n) is 11.1. The van der Waals surface area contributed by atoms with Gasteiger partial charge in [0.1, 0.15) is 24.1 Å². The van der Waals surface area contributed by atoms with Crippen molar-refractivity contribution in [3.8, 4) is 0 Å². The van der Waals surface area contributed by atoms with Crippen molar-refractivity contribution in [3.63, 3.8) is 0 Å². The van der Waals surface area contributed by atoms with Gasteiger partial charge in [-0.25, -0.2) is 4.98 Å². The summed E-state index contributed by atoms with van der Waals surface area (Å²) in [7, 11) is 0. The van der Waals surface area contributed by atoms with Crippen LogP contribution in [0.25, 0.3) is 0 Å². The molecule has 0 unspecified atom stereocenters. The number of nitrogens with two attached hydrogens (primary N) is 1. The number of anilines is 1. The lowest BCUT2D eigenvalue weighted by molar-refractivity contribution is -0.385. The van der Waals surface area contributed by atoms with Gasteiger partial charge in [-0.3, -0.25) is 14.9 Å². The fraction of sp³-hybridized carbons (Fsp3) is 0.455. The van der Waals surface area contributed by atoms with Gasteiger partial charge in [0.15, 0.2) is 0 Å². The maximum atomic E-state index is 12.5. The molecule has 1 rings (SSSR count). The minimum absolute atomic E-state index is 0.183. The highest BCUT2D eigenvalue weighted by Gasteiger charge is 2.35. The molecule has 116 valence electrons. The zero-order chi connectivity index (χ0) is 16.2. The molecular formula is C11H13F3N4O3. The number of carbonyl (C=O) groups excluding carboxylic acids is 1. The number of nitro groups is 1. The van der Waals surface area contributed by atoms with E-state index < -0.39 is 34.8 Å². The average molecular weight is 306 g/mol. The molecule has 0 bridgehead atoms. The standard InChI is InChI=1S/C11H13F3N4O3/c1-2-3-17(6-11(12,13)14)10(19)7-4-9(15)16-5-8(7)18(20)21/h4-5H,2-3,6H2,1H3,(H2,15,16). The Morgan fingerprint density at radius 3 is 2.62 bits per heavy atom. The van der Waals surface area contributed by atoms with Crippen molar-refractivity contribution in [3.05, 3.63) is 27.9 Å². The molecule has 0 saturated carbocycles. The Bertz CT molecular complexity index is 548. The van der Waals surface area contributed by atoms with E-state index in [0.29, 0.717) is 4.90 Å². The van der Waals surface area contributed by atoms with E-state index in [1.807, 2.05) is 0 Å². The van der Waals surface area contributed by atoms with Gasteiger partial charge in [0, 0.05) is 6.54 Å². The van der Waals surface area contributed by atoms with Crippen molar-refractivity contribution in [2.45, 2.75) is 19.5 Å². The number of carbonyl (C=O) groups is 1. The fourth-order valence-electron chi connectivity index (χ4n) is 1.69. The molecule has 2 N–H and O–H groups in total. The molecule has 0 saturated heterocycles. The zero-order valence-corrected chi connectivity index (χ0v) is 11.1. The molecule has 1 aromatic rings. The van der Waals surface area contributed by atoms with Gasteiger partial charge >= 0.3 is 6.18 Å². The maximum Gasteiger partial charge on any atom is 0.406 e. The van der Waals surface area contributed by atoms with Crippen LogP contribution in [0.4, 0.5) is 24.7 Å². The van der Waals surface area contributed by atoms with Crippen LogP contribution in [0.2, 0.25) is 0 Å². The number of nitrogen functional groups attached to an aromatic ring is 1. The van der Waals surface area contributed by atoms with Crippen LogP contribution in [-0.2, 0) is 0 Å². The summed E-state index contributed by atoms with van der Waals surface area (Å²) in [6.45, 7) is -0.0806. The first-order valence-corrected chi connectivity index (χ1v) is 5.91. The van der Waals surface area contributed by atoms with Gasteiger partial charge in [-0.2, -0.15) is 13.2 Å². The van der Waals surface area contributed by atoms with E-state index in [9.17, 15) is 28.1 Å². The quantitative estimate of drug-likeness (QED) is 0.662. The van der Waals surface area contributed by atoms with E-state index in [-0.39, 0.29) is 18.8 Å². The summed E-state index contributed by atoms with van der Waals surface area (Å²) in [5.41, 5.74) is 4.15. The van der Waals surface area contributed by atoms with Gasteiger partial charge in [0.25, 0.3) is 11.6 Å². The molecule has 1 aromatic heterocycles. The van der Waals surface area contributed by atoms with Gasteiger partial charge < -0.3 is 10.6 Å². The minimum atomic E-state index is -4.60. The summed E-state index contributed by atoms with van der Waals surface area (Å²) >= 11 is 0. The molecule has 0 fully saturated rings. The molecule has 7 nitrogen and oxygen atoms in total. The fourth-order valence-corrected chi connectivity index (χ4v) is 1.69. The van der Waals surface area contributed by atoms with Crippen LogP contribution in [0.3, 0.4) is 0 Å². The lowest BCUT2D eigenvalue weighted by Gasteiger charge is -2.23. The summed E-state index contributed by atoms with van der Waals surface area (Å²) in [5, 5.41) is 10.8. The second-order valence-electron chi connectivity index (χ2n) is 4.23. The normalized spacial score (nSPS) is 11.2. The third kappa shape index (κ3) is 4.58. The Kier molecular flexibility index (Phi) is 5.06. The van der Waals surface area contributed by atoms with Crippen LogP contribution in [-0.4, -0.2) is 40.0 Å². The smallest absolute Gasteiger partial charge is 0.384 e. The van der Waals surface area contributed by atoms with Crippen LogP contribution < -0.4 is 5.73 Å². The third-order valence-electron chi connectivity index (χ3n) is 2.48. The predicted molar refractivity (Wildman–Crippen MR) is 67.6 cm³/mol. The van der Waals surface area contributed by atoms with Crippen LogP contribution in [0.5, 0.6) is 0 Å². The highest BCUT2D eigenvalue weighted by Crippen LogP contribution is 2.23. The molecule has 10 heteroatoms. The molecule has 0 aliphatic rings. The molecular weight excluding hydrogens is 293 g/mol. The first-order valence-electron chi connectivity index (χ1n) is 5.91. The first kappa shape index (κ1) is 16.7. The summed E-state index contributed by atoms with van der Waals surface area (Å²) in [4.78, 5) is 26.0. The molecule has 0 aliphatic heterocycles. The van der Waals surface area contributed by atoms with Crippen molar-refractivity contribution in [2.24, 2.45) is 0 Å². The van der Waals surface area contributed by atoms with Gasteiger partial charge in [-0.05, 0) is 12.5 Å². The van der Waals surface area contributed by atoms with Gasteiger partial charge in [-0.15, -0.1) is 0 Å². The highest BCUT2D eigenvalue weighted by molar-refractivity contribution is 5.98. The Labute approximate surface area is 117 Å². The van der Waals surface area contributed by atoms with E-state index in [1.54, 1.807) is 6.92 Å². The number of alkyl halides is 3. The topological polar surface area (TPSA) is 102 Å².